The van der Waals surface area contributed by atoms with E-state index in [1.807, 2.05) is 11.9 Å². The van der Waals surface area contributed by atoms with Crippen molar-refractivity contribution in [2.45, 2.75) is 38.6 Å². The minimum atomic E-state index is -0.894. The molecule has 176 valence electrons. The number of nitrogens with one attached hydrogen (secondary N) is 1. The van der Waals surface area contributed by atoms with Gasteiger partial charge in [-0.05, 0) is 62.1 Å². The third-order valence-corrected chi connectivity index (χ3v) is 6.77. The van der Waals surface area contributed by atoms with Crippen LogP contribution in [0.15, 0.2) is 35.9 Å². The van der Waals surface area contributed by atoms with E-state index >= 15 is 4.39 Å². The first-order valence-electron chi connectivity index (χ1n) is 11.0. The van der Waals surface area contributed by atoms with Gasteiger partial charge in [0.1, 0.15) is 11.4 Å². The lowest BCUT2D eigenvalue weighted by Crippen LogP contribution is -2.54. The summed E-state index contributed by atoms with van der Waals surface area (Å²) in [6.07, 6.45) is 2.07. The van der Waals surface area contributed by atoms with E-state index in [0.717, 1.165) is 22.6 Å². The summed E-state index contributed by atoms with van der Waals surface area (Å²) in [5, 5.41) is 2.16. The average molecular weight is 465 g/mol. The number of benzene rings is 2. The van der Waals surface area contributed by atoms with Crippen LogP contribution in [-0.4, -0.2) is 37.2 Å². The second-order valence-electron chi connectivity index (χ2n) is 9.40. The first-order valence-corrected chi connectivity index (χ1v) is 11.0. The minimum Gasteiger partial charge on any atom is -0.454 e. The van der Waals surface area contributed by atoms with E-state index in [0.29, 0.717) is 11.5 Å². The van der Waals surface area contributed by atoms with Gasteiger partial charge in [-0.15, -0.1) is 0 Å². The van der Waals surface area contributed by atoms with Crippen molar-refractivity contribution in [3.05, 3.63) is 52.8 Å². The summed E-state index contributed by atoms with van der Waals surface area (Å²) in [6, 6.07) is 6.78. The van der Waals surface area contributed by atoms with E-state index in [1.54, 1.807) is 12.1 Å². The number of halogens is 1. The molecule has 4 amide bonds. The molecule has 9 heteroatoms. The fraction of sp³-hybridized carbons (Fsp3) is 0.320. The van der Waals surface area contributed by atoms with Gasteiger partial charge in [0.2, 0.25) is 6.79 Å². The Morgan fingerprint density at radius 1 is 1.12 bits per heavy atom. The highest BCUT2D eigenvalue weighted by Gasteiger charge is 2.38. The van der Waals surface area contributed by atoms with Crippen LogP contribution in [0.1, 0.15) is 44.2 Å². The van der Waals surface area contributed by atoms with Crippen molar-refractivity contribution in [1.82, 2.24) is 5.32 Å². The second kappa shape index (κ2) is 7.58. The van der Waals surface area contributed by atoms with Crippen LogP contribution in [0.25, 0.3) is 6.08 Å². The van der Waals surface area contributed by atoms with Crippen molar-refractivity contribution in [2.24, 2.45) is 0 Å². The number of barbiturate groups is 1. The summed E-state index contributed by atoms with van der Waals surface area (Å²) in [5.74, 6) is -1.27. The number of carbonyl (C=O) groups is 3. The molecule has 8 nitrogen and oxygen atoms in total. The molecule has 3 heterocycles. The topological polar surface area (TPSA) is 88.2 Å². The quantitative estimate of drug-likeness (QED) is 0.534. The van der Waals surface area contributed by atoms with Gasteiger partial charge in [-0.1, -0.05) is 6.92 Å². The molecular weight excluding hydrogens is 441 g/mol. The Labute approximate surface area is 195 Å². The lowest BCUT2D eigenvalue weighted by atomic mass is 9.80. The maximum absolute atomic E-state index is 15.2. The highest BCUT2D eigenvalue weighted by Crippen LogP contribution is 2.43. The third kappa shape index (κ3) is 3.39. The number of nitrogens with zero attached hydrogens (tertiary/aromatic N) is 2. The van der Waals surface area contributed by atoms with Crippen LogP contribution in [0.3, 0.4) is 0 Å². The summed E-state index contributed by atoms with van der Waals surface area (Å²) >= 11 is 0. The predicted octanol–water partition coefficient (Wildman–Crippen LogP) is 3.94. The van der Waals surface area contributed by atoms with Crippen LogP contribution < -0.4 is 24.6 Å². The number of rotatable bonds is 2. The minimum absolute atomic E-state index is 0.0327. The van der Waals surface area contributed by atoms with Crippen molar-refractivity contribution < 1.29 is 28.2 Å². The Bertz CT molecular complexity index is 1290. The standard InChI is InChI=1S/C25H24FN3O5/c1-13-11-25(2,3)28(4)19-10-18(26)14(7-16(13)19)8-17-22(30)27-24(32)29(23(17)31)15-5-6-20-21(9-15)34-12-33-20/h5-10,13H,11-12H2,1-4H3,(H,27,30,32)/b17-8-. The Balaban J connectivity index is 1.54. The predicted molar refractivity (Wildman–Crippen MR) is 123 cm³/mol. The number of carbonyl (C=O) groups excluding carboxylic acids is 3. The van der Waals surface area contributed by atoms with Crippen LogP contribution in [0.4, 0.5) is 20.6 Å². The van der Waals surface area contributed by atoms with Crippen LogP contribution in [0.5, 0.6) is 11.5 Å². The Morgan fingerprint density at radius 2 is 1.85 bits per heavy atom. The number of urea groups is 1. The van der Waals surface area contributed by atoms with Crippen molar-refractivity contribution in [2.75, 3.05) is 23.6 Å². The molecule has 1 fully saturated rings. The fourth-order valence-electron chi connectivity index (χ4n) is 4.79. The van der Waals surface area contributed by atoms with E-state index < -0.39 is 23.7 Å². The molecule has 1 saturated heterocycles. The highest BCUT2D eigenvalue weighted by molar-refractivity contribution is 6.39. The molecule has 0 aromatic heterocycles. The number of anilines is 2. The summed E-state index contributed by atoms with van der Waals surface area (Å²) in [4.78, 5) is 41.2. The molecule has 2 aromatic carbocycles. The number of ether oxygens (including phenoxy) is 2. The summed E-state index contributed by atoms with van der Waals surface area (Å²) < 4.78 is 25.7. The van der Waals surface area contributed by atoms with E-state index in [4.69, 9.17) is 9.47 Å². The summed E-state index contributed by atoms with van der Waals surface area (Å²) in [6.45, 7) is 6.31. The molecule has 1 N–H and O–H groups in total. The molecule has 0 bridgehead atoms. The van der Waals surface area contributed by atoms with Gasteiger partial charge in [-0.25, -0.2) is 14.1 Å². The third-order valence-electron chi connectivity index (χ3n) is 6.77. The molecule has 1 unspecified atom stereocenters. The van der Waals surface area contributed by atoms with E-state index in [9.17, 15) is 14.4 Å². The van der Waals surface area contributed by atoms with Crippen LogP contribution in [0.2, 0.25) is 0 Å². The molecule has 5 rings (SSSR count). The van der Waals surface area contributed by atoms with Crippen LogP contribution in [-0.2, 0) is 9.59 Å². The fourth-order valence-corrected chi connectivity index (χ4v) is 4.79. The van der Waals surface area contributed by atoms with Crippen LogP contribution >= 0.6 is 0 Å². The largest absolute Gasteiger partial charge is 0.454 e. The van der Waals surface area contributed by atoms with Gasteiger partial charge in [-0.3, -0.25) is 14.9 Å². The van der Waals surface area contributed by atoms with Gasteiger partial charge >= 0.3 is 6.03 Å². The molecule has 0 radical (unpaired) electrons. The van der Waals surface area contributed by atoms with Crippen LogP contribution in [0, 0.1) is 5.82 Å². The highest BCUT2D eigenvalue weighted by atomic mass is 19.1. The van der Waals surface area contributed by atoms with E-state index in [1.165, 1.54) is 24.3 Å². The van der Waals surface area contributed by atoms with Gasteiger partial charge in [-0.2, -0.15) is 0 Å². The van der Waals surface area contributed by atoms with Gasteiger partial charge in [0, 0.05) is 29.9 Å². The number of fused-ring (bicyclic) bond motifs is 2. The summed E-state index contributed by atoms with van der Waals surface area (Å²) in [7, 11) is 1.93. The zero-order valence-electron chi connectivity index (χ0n) is 19.3. The molecule has 1 atom stereocenters. The normalized spacial score (nSPS) is 22.2. The molecule has 0 saturated carbocycles. The maximum Gasteiger partial charge on any atom is 0.335 e. The second-order valence-corrected chi connectivity index (χ2v) is 9.40. The summed E-state index contributed by atoms with van der Waals surface area (Å²) in [5.41, 5.74) is 1.55. The van der Waals surface area contributed by atoms with E-state index in [-0.39, 0.29) is 35.1 Å². The number of hydrogen-bond acceptors (Lipinski definition) is 6. The molecule has 34 heavy (non-hydrogen) atoms. The van der Waals surface area contributed by atoms with Crippen molar-refractivity contribution in [1.29, 1.82) is 0 Å². The van der Waals surface area contributed by atoms with Gasteiger partial charge < -0.3 is 14.4 Å². The first kappa shape index (κ1) is 21.9. The van der Waals surface area contributed by atoms with E-state index in [2.05, 4.69) is 26.1 Å². The number of hydrogen-bond donors (Lipinski definition) is 1. The molecule has 3 aliphatic heterocycles. The van der Waals surface area contributed by atoms with Crippen molar-refractivity contribution in [3.8, 4) is 11.5 Å². The van der Waals surface area contributed by atoms with Gasteiger partial charge in [0.15, 0.2) is 11.5 Å². The SMILES string of the molecule is CC1CC(C)(C)N(C)c2cc(F)c(/C=C3/C(=O)NC(=O)N(c4ccc5c(c4)OCO5)C3=O)cc21. The van der Waals surface area contributed by atoms with Crippen molar-refractivity contribution >= 4 is 35.3 Å². The van der Waals surface area contributed by atoms with Crippen molar-refractivity contribution in [3.63, 3.8) is 0 Å². The molecule has 0 aliphatic carbocycles. The first-order chi connectivity index (χ1) is 16.1. The number of imide groups is 2. The molecular formula is C25H24FN3O5. The molecule has 2 aromatic rings. The lowest BCUT2D eigenvalue weighted by Gasteiger charge is -2.45. The zero-order chi connectivity index (χ0) is 24.4. The maximum atomic E-state index is 15.2. The van der Waals surface area contributed by atoms with Gasteiger partial charge in [0.25, 0.3) is 11.8 Å². The average Bonchev–Trinajstić information content (AvgIpc) is 3.23. The molecule has 0 spiro atoms. The van der Waals surface area contributed by atoms with Gasteiger partial charge in [0.05, 0.1) is 5.69 Å². The Morgan fingerprint density at radius 3 is 2.62 bits per heavy atom. The Kier molecular flexibility index (Phi) is 4.89. The Hall–Kier alpha value is -3.88. The lowest BCUT2D eigenvalue weighted by molar-refractivity contribution is -0.122. The number of amides is 4. The zero-order valence-corrected chi connectivity index (χ0v) is 19.3. The monoisotopic (exact) mass is 465 g/mol. The molecule has 3 aliphatic rings. The smallest absolute Gasteiger partial charge is 0.335 e.